The molecule has 1 saturated heterocycles. The van der Waals surface area contributed by atoms with Crippen molar-refractivity contribution in [3.8, 4) is 5.75 Å². The van der Waals surface area contributed by atoms with Crippen molar-refractivity contribution in [1.29, 1.82) is 0 Å². The molecule has 3 nitrogen and oxygen atoms in total. The lowest BCUT2D eigenvalue weighted by atomic mass is 10.0. The van der Waals surface area contributed by atoms with Crippen LogP contribution in [0.25, 0.3) is 0 Å². The average molecular weight is 395 g/mol. The summed E-state index contributed by atoms with van der Waals surface area (Å²) in [5, 5.41) is 5.66. The molecule has 23 heavy (non-hydrogen) atoms. The fraction of sp³-hybridized carbons (Fsp3) is 0.444. The Morgan fingerprint density at radius 3 is 3.00 bits per heavy atom. The van der Waals surface area contributed by atoms with Crippen LogP contribution in [0.15, 0.2) is 40.2 Å². The van der Waals surface area contributed by atoms with Gasteiger partial charge < -0.3 is 10.1 Å². The molecule has 2 heterocycles. The summed E-state index contributed by atoms with van der Waals surface area (Å²) in [6, 6.07) is 11.0. The van der Waals surface area contributed by atoms with Crippen LogP contribution in [-0.4, -0.2) is 37.7 Å². The minimum absolute atomic E-state index is 0.258. The third-order valence-corrected chi connectivity index (χ3v) is 5.54. The Bertz CT molecular complexity index is 609. The largest absolute Gasteiger partial charge is 0.494 e. The molecule has 1 atom stereocenters. The van der Waals surface area contributed by atoms with Gasteiger partial charge in [0.1, 0.15) is 5.75 Å². The molecule has 0 aliphatic carbocycles. The molecule has 0 saturated carbocycles. The Morgan fingerprint density at radius 1 is 1.30 bits per heavy atom. The van der Waals surface area contributed by atoms with Crippen LogP contribution in [0.1, 0.15) is 29.8 Å². The van der Waals surface area contributed by atoms with Crippen LogP contribution >= 0.6 is 27.3 Å². The van der Waals surface area contributed by atoms with Gasteiger partial charge in [-0.25, -0.2) is 0 Å². The van der Waals surface area contributed by atoms with E-state index in [1.165, 1.54) is 16.9 Å². The zero-order chi connectivity index (χ0) is 16.1. The van der Waals surface area contributed by atoms with Crippen LogP contribution in [0.3, 0.4) is 0 Å². The zero-order valence-electron chi connectivity index (χ0n) is 13.4. The molecule has 2 aromatic rings. The number of benzene rings is 1. The minimum Gasteiger partial charge on any atom is -0.494 e. The summed E-state index contributed by atoms with van der Waals surface area (Å²) in [4.78, 5) is 3.96. The van der Waals surface area contributed by atoms with Gasteiger partial charge in [0.25, 0.3) is 0 Å². The first-order valence-electron chi connectivity index (χ1n) is 8.20. The Balaban J connectivity index is 2.02. The third-order valence-electron chi connectivity index (χ3n) is 4.12. The molecule has 1 N–H and O–H groups in total. The molecule has 1 aliphatic heterocycles. The number of rotatable bonds is 5. The molecule has 0 bridgehead atoms. The molecule has 0 amide bonds. The molecule has 1 unspecified atom stereocenters. The first kappa shape index (κ1) is 17.0. The molecule has 1 fully saturated rings. The van der Waals surface area contributed by atoms with Crippen molar-refractivity contribution in [3.05, 3.63) is 50.6 Å². The van der Waals surface area contributed by atoms with E-state index in [0.29, 0.717) is 6.61 Å². The monoisotopic (exact) mass is 394 g/mol. The first-order valence-corrected chi connectivity index (χ1v) is 9.87. The van der Waals surface area contributed by atoms with Gasteiger partial charge in [0.15, 0.2) is 0 Å². The predicted octanol–water partition coefficient (Wildman–Crippen LogP) is 4.29. The fourth-order valence-electron chi connectivity index (χ4n) is 3.12. The van der Waals surface area contributed by atoms with Gasteiger partial charge in [0, 0.05) is 34.5 Å². The molecular weight excluding hydrogens is 372 g/mol. The fourth-order valence-corrected chi connectivity index (χ4v) is 4.38. The van der Waals surface area contributed by atoms with Crippen LogP contribution in [0.2, 0.25) is 0 Å². The van der Waals surface area contributed by atoms with Gasteiger partial charge in [-0.15, -0.1) is 11.3 Å². The van der Waals surface area contributed by atoms with Gasteiger partial charge >= 0.3 is 0 Å². The van der Waals surface area contributed by atoms with E-state index in [1.54, 1.807) is 0 Å². The number of hydrogen-bond acceptors (Lipinski definition) is 4. The van der Waals surface area contributed by atoms with E-state index in [0.717, 1.165) is 36.4 Å². The van der Waals surface area contributed by atoms with E-state index < -0.39 is 0 Å². The quantitative estimate of drug-likeness (QED) is 0.817. The molecule has 0 radical (unpaired) electrons. The van der Waals surface area contributed by atoms with E-state index >= 15 is 0 Å². The number of thiophene rings is 1. The number of ether oxygens (including phenoxy) is 1. The zero-order valence-corrected chi connectivity index (χ0v) is 15.8. The van der Waals surface area contributed by atoms with Crippen molar-refractivity contribution < 1.29 is 4.74 Å². The van der Waals surface area contributed by atoms with Gasteiger partial charge in [-0.3, -0.25) is 4.90 Å². The SMILES string of the molecule is CCOc1ccc(Br)cc1C(c1cccs1)N1CCCNCC1. The Morgan fingerprint density at radius 2 is 2.22 bits per heavy atom. The maximum atomic E-state index is 5.93. The van der Waals surface area contributed by atoms with Crippen molar-refractivity contribution in [2.75, 3.05) is 32.8 Å². The smallest absolute Gasteiger partial charge is 0.124 e. The maximum absolute atomic E-state index is 5.93. The van der Waals surface area contributed by atoms with Crippen LogP contribution in [0.4, 0.5) is 0 Å². The lowest BCUT2D eigenvalue weighted by molar-refractivity contribution is 0.236. The lowest BCUT2D eigenvalue weighted by Gasteiger charge is -2.31. The number of halogens is 1. The molecule has 0 spiro atoms. The summed E-state index contributed by atoms with van der Waals surface area (Å²) in [6.07, 6.45) is 1.18. The Kier molecular flexibility index (Phi) is 6.11. The third kappa shape index (κ3) is 4.15. The van der Waals surface area contributed by atoms with Gasteiger partial charge in [0.2, 0.25) is 0 Å². The summed E-state index contributed by atoms with van der Waals surface area (Å²) in [7, 11) is 0. The van der Waals surface area contributed by atoms with Crippen molar-refractivity contribution in [3.63, 3.8) is 0 Å². The van der Waals surface area contributed by atoms with Gasteiger partial charge in [0.05, 0.1) is 12.6 Å². The van der Waals surface area contributed by atoms with Crippen LogP contribution in [-0.2, 0) is 0 Å². The summed E-state index contributed by atoms with van der Waals surface area (Å²) < 4.78 is 7.04. The minimum atomic E-state index is 0.258. The molecule has 3 rings (SSSR count). The second kappa shape index (κ2) is 8.29. The second-order valence-corrected chi connectivity index (χ2v) is 7.57. The highest BCUT2D eigenvalue weighted by molar-refractivity contribution is 9.10. The molecule has 1 aromatic carbocycles. The number of nitrogens with one attached hydrogen (secondary N) is 1. The first-order chi connectivity index (χ1) is 11.3. The summed E-state index contributed by atoms with van der Waals surface area (Å²) in [6.45, 7) is 7.04. The highest BCUT2D eigenvalue weighted by atomic mass is 79.9. The van der Waals surface area contributed by atoms with Gasteiger partial charge in [-0.2, -0.15) is 0 Å². The second-order valence-electron chi connectivity index (χ2n) is 5.67. The summed E-state index contributed by atoms with van der Waals surface area (Å²) in [5.74, 6) is 0.992. The van der Waals surface area contributed by atoms with E-state index in [9.17, 15) is 0 Å². The molecular formula is C18H23BrN2OS. The van der Waals surface area contributed by atoms with Crippen LogP contribution < -0.4 is 10.1 Å². The topological polar surface area (TPSA) is 24.5 Å². The van der Waals surface area contributed by atoms with E-state index in [1.807, 2.05) is 18.3 Å². The van der Waals surface area contributed by atoms with Crippen LogP contribution in [0, 0.1) is 0 Å². The van der Waals surface area contributed by atoms with Gasteiger partial charge in [-0.1, -0.05) is 22.0 Å². The molecule has 1 aliphatic rings. The van der Waals surface area contributed by atoms with Gasteiger partial charge in [-0.05, 0) is 49.5 Å². The summed E-state index contributed by atoms with van der Waals surface area (Å²) in [5.41, 5.74) is 1.26. The van der Waals surface area contributed by atoms with Crippen molar-refractivity contribution in [2.24, 2.45) is 0 Å². The average Bonchev–Trinajstić information content (AvgIpc) is 2.93. The highest BCUT2D eigenvalue weighted by Crippen LogP contribution is 2.38. The number of nitrogens with zero attached hydrogens (tertiary/aromatic N) is 1. The van der Waals surface area contributed by atoms with Crippen molar-refractivity contribution >= 4 is 27.3 Å². The normalized spacial score (nSPS) is 17.7. The number of hydrogen-bond donors (Lipinski definition) is 1. The predicted molar refractivity (Wildman–Crippen MR) is 101 cm³/mol. The van der Waals surface area contributed by atoms with Crippen LogP contribution in [0.5, 0.6) is 5.75 Å². The Labute approximate surface area is 150 Å². The summed E-state index contributed by atoms with van der Waals surface area (Å²) >= 11 is 5.46. The molecule has 124 valence electrons. The Hall–Kier alpha value is -0.880. The van der Waals surface area contributed by atoms with Crippen molar-refractivity contribution in [1.82, 2.24) is 10.2 Å². The molecule has 5 heteroatoms. The van der Waals surface area contributed by atoms with Crippen molar-refractivity contribution in [2.45, 2.75) is 19.4 Å². The molecule has 1 aromatic heterocycles. The standard InChI is InChI=1S/C18H23BrN2OS/c1-2-22-16-7-6-14(19)13-15(16)18(17-5-3-12-23-17)21-10-4-8-20-9-11-21/h3,5-7,12-13,18,20H,2,4,8-11H2,1H3. The van der Waals surface area contributed by atoms with E-state index in [4.69, 9.17) is 4.74 Å². The maximum Gasteiger partial charge on any atom is 0.124 e. The highest BCUT2D eigenvalue weighted by Gasteiger charge is 2.27. The van der Waals surface area contributed by atoms with E-state index in [2.05, 4.69) is 61.9 Å². The lowest BCUT2D eigenvalue weighted by Crippen LogP contribution is -2.32. The van der Waals surface area contributed by atoms with E-state index in [-0.39, 0.29) is 6.04 Å².